The van der Waals surface area contributed by atoms with Crippen LogP contribution in [0, 0.1) is 17.7 Å². The third-order valence-electron chi connectivity index (χ3n) is 2.51. The number of aromatic nitrogens is 1. The molecule has 0 spiro atoms. The third kappa shape index (κ3) is 3.78. The van der Waals surface area contributed by atoms with Crippen LogP contribution in [0.15, 0.2) is 36.4 Å². The van der Waals surface area contributed by atoms with Crippen molar-refractivity contribution in [3.63, 3.8) is 0 Å². The summed E-state index contributed by atoms with van der Waals surface area (Å²) in [6.45, 7) is 0.214. The highest BCUT2D eigenvalue weighted by molar-refractivity contribution is 6.31. The molecule has 0 fully saturated rings. The quantitative estimate of drug-likeness (QED) is 0.837. The third-order valence-corrected chi connectivity index (χ3v) is 2.80. The van der Waals surface area contributed by atoms with Crippen LogP contribution < -0.4 is 11.1 Å². The van der Waals surface area contributed by atoms with E-state index in [-0.39, 0.29) is 22.9 Å². The van der Waals surface area contributed by atoms with Crippen molar-refractivity contribution in [3.8, 4) is 11.8 Å². The van der Waals surface area contributed by atoms with E-state index in [0.29, 0.717) is 5.69 Å². The van der Waals surface area contributed by atoms with Crippen LogP contribution in [-0.2, 0) is 0 Å². The van der Waals surface area contributed by atoms with E-state index < -0.39 is 11.7 Å². The minimum atomic E-state index is -0.768. The maximum absolute atomic E-state index is 13.8. The molecule has 0 unspecified atom stereocenters. The summed E-state index contributed by atoms with van der Waals surface area (Å²) in [5.74, 6) is 4.27. The number of benzene rings is 1. The number of amides is 1. The largest absolute Gasteiger partial charge is 0.320 e. The Balaban J connectivity index is 2.22. The molecule has 1 heterocycles. The topological polar surface area (TPSA) is 68.0 Å². The van der Waals surface area contributed by atoms with Gasteiger partial charge in [0.1, 0.15) is 11.5 Å². The molecule has 1 aromatic carbocycles. The summed E-state index contributed by atoms with van der Waals surface area (Å²) >= 11 is 5.64. The first-order chi connectivity index (χ1) is 10.1. The van der Waals surface area contributed by atoms with Crippen molar-refractivity contribution in [1.29, 1.82) is 0 Å². The lowest BCUT2D eigenvalue weighted by molar-refractivity contribution is 0.102. The molecular formula is C15H11ClFN3O. The van der Waals surface area contributed by atoms with Gasteiger partial charge in [-0.05, 0) is 30.2 Å². The van der Waals surface area contributed by atoms with Gasteiger partial charge in [-0.3, -0.25) is 4.79 Å². The van der Waals surface area contributed by atoms with E-state index in [4.69, 9.17) is 17.3 Å². The van der Waals surface area contributed by atoms with Crippen molar-refractivity contribution in [1.82, 2.24) is 4.98 Å². The summed E-state index contributed by atoms with van der Waals surface area (Å²) in [4.78, 5) is 16.1. The molecule has 1 amide bonds. The molecule has 1 aromatic heterocycles. The molecule has 0 aliphatic heterocycles. The molecule has 0 saturated carbocycles. The van der Waals surface area contributed by atoms with Gasteiger partial charge in [0.2, 0.25) is 0 Å². The Morgan fingerprint density at radius 2 is 2.10 bits per heavy atom. The van der Waals surface area contributed by atoms with Gasteiger partial charge in [-0.1, -0.05) is 29.7 Å². The van der Waals surface area contributed by atoms with Gasteiger partial charge in [0, 0.05) is 0 Å². The molecule has 2 rings (SSSR count). The number of rotatable bonds is 2. The van der Waals surface area contributed by atoms with Gasteiger partial charge in [0.15, 0.2) is 5.82 Å². The Morgan fingerprint density at radius 1 is 1.33 bits per heavy atom. The van der Waals surface area contributed by atoms with Crippen LogP contribution in [0.5, 0.6) is 0 Å². The van der Waals surface area contributed by atoms with Crippen LogP contribution >= 0.6 is 11.6 Å². The van der Waals surface area contributed by atoms with E-state index in [1.54, 1.807) is 18.2 Å². The number of nitrogens with one attached hydrogen (secondary N) is 1. The number of hydrogen-bond donors (Lipinski definition) is 2. The van der Waals surface area contributed by atoms with Crippen LogP contribution in [0.2, 0.25) is 5.02 Å². The second-order valence-corrected chi connectivity index (χ2v) is 4.38. The molecule has 0 atom stereocenters. The minimum absolute atomic E-state index is 0.113. The summed E-state index contributed by atoms with van der Waals surface area (Å²) in [6, 6.07) is 9.14. The Labute approximate surface area is 126 Å². The predicted molar refractivity (Wildman–Crippen MR) is 79.5 cm³/mol. The molecule has 0 bridgehead atoms. The lowest BCUT2D eigenvalue weighted by Crippen LogP contribution is -2.15. The maximum Gasteiger partial charge on any atom is 0.259 e. The van der Waals surface area contributed by atoms with Crippen LogP contribution in [0.3, 0.4) is 0 Å². The Morgan fingerprint density at radius 3 is 2.86 bits per heavy atom. The van der Waals surface area contributed by atoms with Crippen LogP contribution in [0.1, 0.15) is 16.1 Å². The molecule has 21 heavy (non-hydrogen) atoms. The van der Waals surface area contributed by atoms with Crippen molar-refractivity contribution in [2.24, 2.45) is 5.73 Å². The lowest BCUT2D eigenvalue weighted by atomic mass is 10.2. The standard InChI is InChI=1S/C15H11ClFN3O/c16-12-7-2-6-11(14(12)17)15(21)20-13-8-1-4-10(19-13)5-3-9-18/h1-2,4,6-8H,9,18H2,(H,19,20,21). The number of carbonyl (C=O) groups excluding carboxylic acids is 1. The van der Waals surface area contributed by atoms with E-state index in [1.807, 2.05) is 0 Å². The van der Waals surface area contributed by atoms with Gasteiger partial charge in [-0.25, -0.2) is 9.37 Å². The van der Waals surface area contributed by atoms with Crippen LogP contribution in [0.4, 0.5) is 10.2 Å². The molecule has 2 aromatic rings. The zero-order chi connectivity index (χ0) is 15.2. The minimum Gasteiger partial charge on any atom is -0.320 e. The fourth-order valence-corrected chi connectivity index (χ4v) is 1.75. The fraction of sp³-hybridized carbons (Fsp3) is 0.0667. The van der Waals surface area contributed by atoms with Crippen LogP contribution in [-0.4, -0.2) is 17.4 Å². The van der Waals surface area contributed by atoms with Gasteiger partial charge in [0.25, 0.3) is 5.91 Å². The van der Waals surface area contributed by atoms with Gasteiger partial charge in [0.05, 0.1) is 17.1 Å². The molecule has 0 radical (unpaired) electrons. The summed E-state index contributed by atoms with van der Waals surface area (Å²) < 4.78 is 13.8. The zero-order valence-electron chi connectivity index (χ0n) is 10.9. The average Bonchev–Trinajstić information content (AvgIpc) is 2.48. The number of hydrogen-bond acceptors (Lipinski definition) is 3. The second-order valence-electron chi connectivity index (χ2n) is 3.97. The highest BCUT2D eigenvalue weighted by Crippen LogP contribution is 2.18. The van der Waals surface area contributed by atoms with Crippen molar-refractivity contribution in [3.05, 3.63) is 58.5 Å². The molecule has 0 aliphatic carbocycles. The monoisotopic (exact) mass is 303 g/mol. The maximum atomic E-state index is 13.8. The predicted octanol–water partition coefficient (Wildman–Crippen LogP) is 2.44. The Kier molecular flexibility index (Phi) is 4.88. The molecule has 0 saturated heterocycles. The van der Waals surface area contributed by atoms with E-state index in [2.05, 4.69) is 22.1 Å². The average molecular weight is 304 g/mol. The van der Waals surface area contributed by atoms with E-state index >= 15 is 0 Å². The number of nitrogens with zero attached hydrogens (tertiary/aromatic N) is 1. The summed E-state index contributed by atoms with van der Waals surface area (Å²) in [5.41, 5.74) is 5.59. The van der Waals surface area contributed by atoms with Crippen LogP contribution in [0.25, 0.3) is 0 Å². The summed E-state index contributed by atoms with van der Waals surface area (Å²) in [6.07, 6.45) is 0. The Bertz CT molecular complexity index is 737. The highest BCUT2D eigenvalue weighted by atomic mass is 35.5. The van der Waals surface area contributed by atoms with E-state index in [0.717, 1.165) is 0 Å². The van der Waals surface area contributed by atoms with Crippen molar-refractivity contribution in [2.45, 2.75) is 0 Å². The van der Waals surface area contributed by atoms with Crippen molar-refractivity contribution < 1.29 is 9.18 Å². The molecule has 6 heteroatoms. The first-order valence-corrected chi connectivity index (χ1v) is 6.41. The molecule has 106 valence electrons. The van der Waals surface area contributed by atoms with Gasteiger partial charge >= 0.3 is 0 Å². The number of halogens is 2. The fourth-order valence-electron chi connectivity index (χ4n) is 1.58. The van der Waals surface area contributed by atoms with Gasteiger partial charge in [-0.15, -0.1) is 0 Å². The van der Waals surface area contributed by atoms with E-state index in [1.165, 1.54) is 18.2 Å². The summed E-state index contributed by atoms with van der Waals surface area (Å²) in [5, 5.41) is 2.38. The van der Waals surface area contributed by atoms with E-state index in [9.17, 15) is 9.18 Å². The highest BCUT2D eigenvalue weighted by Gasteiger charge is 2.14. The molecule has 3 N–H and O–H groups in total. The molecular weight excluding hydrogens is 293 g/mol. The SMILES string of the molecule is NCC#Cc1cccc(NC(=O)c2cccc(Cl)c2F)n1. The normalized spacial score (nSPS) is 9.67. The summed E-state index contributed by atoms with van der Waals surface area (Å²) in [7, 11) is 0. The number of anilines is 1. The van der Waals surface area contributed by atoms with Gasteiger partial charge in [-0.2, -0.15) is 0 Å². The number of pyridine rings is 1. The number of nitrogens with two attached hydrogens (primary N) is 1. The Hall–Kier alpha value is -2.42. The van der Waals surface area contributed by atoms with Gasteiger partial charge < -0.3 is 11.1 Å². The lowest BCUT2D eigenvalue weighted by Gasteiger charge is -2.06. The zero-order valence-corrected chi connectivity index (χ0v) is 11.6. The first-order valence-electron chi connectivity index (χ1n) is 6.03. The smallest absolute Gasteiger partial charge is 0.259 e. The van der Waals surface area contributed by atoms with Crippen molar-refractivity contribution in [2.75, 3.05) is 11.9 Å². The second kappa shape index (κ2) is 6.84. The molecule has 4 nitrogen and oxygen atoms in total. The number of carbonyl (C=O) groups is 1. The van der Waals surface area contributed by atoms with Crippen molar-refractivity contribution >= 4 is 23.3 Å². The molecule has 0 aliphatic rings. The first kappa shape index (κ1) is 15.0.